The number of hydrogen-bond acceptors (Lipinski definition) is 6. The van der Waals surface area contributed by atoms with Crippen molar-refractivity contribution in [3.63, 3.8) is 0 Å². The highest BCUT2D eigenvalue weighted by Gasteiger charge is 2.18. The maximum Gasteiger partial charge on any atom is 0.339 e. The number of fused-ring (bicyclic) bond motifs is 1. The van der Waals surface area contributed by atoms with Crippen LogP contribution in [0.15, 0.2) is 88.3 Å². The molecule has 3 heterocycles. The van der Waals surface area contributed by atoms with Gasteiger partial charge in [-0.3, -0.25) is 9.20 Å². The molecule has 34 heavy (non-hydrogen) atoms. The van der Waals surface area contributed by atoms with Gasteiger partial charge >= 0.3 is 5.97 Å². The molecule has 5 aromatic rings. The zero-order valence-electron chi connectivity index (χ0n) is 18.7. The van der Waals surface area contributed by atoms with Gasteiger partial charge in [0.15, 0.2) is 5.76 Å². The minimum absolute atomic E-state index is 0.132. The molecule has 0 aliphatic carbocycles. The number of esters is 1. The van der Waals surface area contributed by atoms with Crippen LogP contribution >= 0.6 is 0 Å². The predicted octanol–water partition coefficient (Wildman–Crippen LogP) is 4.99. The van der Waals surface area contributed by atoms with Gasteiger partial charge in [-0.1, -0.05) is 42.0 Å². The van der Waals surface area contributed by atoms with E-state index in [0.717, 1.165) is 16.7 Å². The monoisotopic (exact) mass is 451 g/mol. The average Bonchev–Trinajstić information content (AvgIpc) is 3.33. The molecule has 0 bridgehead atoms. The number of aromatic nitrogens is 3. The molecule has 3 aromatic heterocycles. The first-order valence-electron chi connectivity index (χ1n) is 10.8. The number of oxazole rings is 1. The molecule has 2 aromatic carbocycles. The molecule has 168 valence electrons. The maximum atomic E-state index is 12.9. The number of benzene rings is 2. The van der Waals surface area contributed by atoms with Crippen LogP contribution in [-0.2, 0) is 11.3 Å². The summed E-state index contributed by atoms with van der Waals surface area (Å²) in [6.07, 6.45) is 3.31. The first kappa shape index (κ1) is 21.3. The number of ether oxygens (including phenoxy) is 1. The van der Waals surface area contributed by atoms with Gasteiger partial charge in [0.2, 0.25) is 5.89 Å². The topological polar surface area (TPSA) is 86.7 Å². The van der Waals surface area contributed by atoms with Crippen LogP contribution in [0.2, 0.25) is 0 Å². The molecule has 0 radical (unpaired) electrons. The molecule has 0 aliphatic rings. The Labute approximate surface area is 195 Å². The molecule has 0 saturated carbocycles. The van der Waals surface area contributed by atoms with Gasteiger partial charge in [-0.25, -0.2) is 14.8 Å². The van der Waals surface area contributed by atoms with Crippen LogP contribution in [0.4, 0.5) is 0 Å². The van der Waals surface area contributed by atoms with Crippen LogP contribution in [-0.4, -0.2) is 20.3 Å². The summed E-state index contributed by atoms with van der Waals surface area (Å²) in [6, 6.07) is 19.9. The SMILES string of the molecule is Cc1ccc(-c2cnc(-c3ccccc3C(=O)OCc3cc(=O)n4ccc(C)cc4n3)o2)cc1. The van der Waals surface area contributed by atoms with Gasteiger partial charge in [-0.2, -0.15) is 0 Å². The summed E-state index contributed by atoms with van der Waals surface area (Å²) >= 11 is 0. The molecule has 7 heteroatoms. The number of nitrogens with zero attached hydrogens (tertiary/aromatic N) is 3. The highest BCUT2D eigenvalue weighted by molar-refractivity contribution is 5.96. The number of rotatable bonds is 5. The van der Waals surface area contributed by atoms with Crippen LogP contribution in [0.1, 0.15) is 27.2 Å². The highest BCUT2D eigenvalue weighted by atomic mass is 16.5. The summed E-state index contributed by atoms with van der Waals surface area (Å²) in [5.74, 6) is 0.368. The van der Waals surface area contributed by atoms with Crippen molar-refractivity contribution in [1.29, 1.82) is 0 Å². The number of pyridine rings is 1. The van der Waals surface area contributed by atoms with E-state index in [2.05, 4.69) is 9.97 Å². The molecule has 0 N–H and O–H groups in total. The van der Waals surface area contributed by atoms with E-state index in [1.165, 1.54) is 10.5 Å². The van der Waals surface area contributed by atoms with Crippen molar-refractivity contribution in [2.45, 2.75) is 20.5 Å². The summed E-state index contributed by atoms with van der Waals surface area (Å²) in [7, 11) is 0. The van der Waals surface area contributed by atoms with E-state index in [9.17, 15) is 9.59 Å². The van der Waals surface area contributed by atoms with Crippen molar-refractivity contribution in [3.8, 4) is 22.8 Å². The van der Waals surface area contributed by atoms with Crippen LogP contribution in [0, 0.1) is 13.8 Å². The zero-order chi connectivity index (χ0) is 23.7. The molecular weight excluding hydrogens is 430 g/mol. The van der Waals surface area contributed by atoms with Crippen molar-refractivity contribution in [2.75, 3.05) is 0 Å². The average molecular weight is 451 g/mol. The molecule has 0 unspecified atom stereocenters. The van der Waals surface area contributed by atoms with E-state index in [0.29, 0.717) is 34.1 Å². The second-order valence-electron chi connectivity index (χ2n) is 8.04. The molecule has 5 rings (SSSR count). The Hall–Kier alpha value is -4.52. The lowest BCUT2D eigenvalue weighted by Gasteiger charge is -2.08. The Balaban J connectivity index is 1.39. The van der Waals surface area contributed by atoms with Crippen LogP contribution < -0.4 is 5.56 Å². The molecule has 0 saturated heterocycles. The standard InChI is InChI=1S/C27H21N3O4/c1-17-7-9-19(10-8-17)23-15-28-26(34-23)21-5-3-4-6-22(21)27(32)33-16-20-14-25(31)30-12-11-18(2)13-24(30)29-20/h3-15H,16H2,1-2H3. The Morgan fingerprint density at radius 3 is 2.62 bits per heavy atom. The minimum Gasteiger partial charge on any atom is -0.456 e. The Kier molecular flexibility index (Phi) is 5.51. The van der Waals surface area contributed by atoms with Crippen molar-refractivity contribution < 1.29 is 13.9 Å². The van der Waals surface area contributed by atoms with Gasteiger partial charge in [-0.05, 0) is 43.7 Å². The Morgan fingerprint density at radius 1 is 1.00 bits per heavy atom. The van der Waals surface area contributed by atoms with Crippen LogP contribution in [0.3, 0.4) is 0 Å². The fraction of sp³-hybridized carbons (Fsp3) is 0.111. The largest absolute Gasteiger partial charge is 0.456 e. The van der Waals surface area contributed by atoms with E-state index in [4.69, 9.17) is 9.15 Å². The van der Waals surface area contributed by atoms with E-state index >= 15 is 0 Å². The fourth-order valence-corrected chi connectivity index (χ4v) is 3.64. The van der Waals surface area contributed by atoms with E-state index in [1.54, 1.807) is 42.7 Å². The maximum absolute atomic E-state index is 12.9. The van der Waals surface area contributed by atoms with Gasteiger partial charge < -0.3 is 9.15 Å². The normalized spacial score (nSPS) is 11.0. The first-order chi connectivity index (χ1) is 16.5. The lowest BCUT2D eigenvalue weighted by Crippen LogP contribution is -2.16. The summed E-state index contributed by atoms with van der Waals surface area (Å²) in [6.45, 7) is 3.80. The number of hydrogen-bond donors (Lipinski definition) is 0. The third kappa shape index (κ3) is 4.23. The second kappa shape index (κ2) is 8.78. The Morgan fingerprint density at radius 2 is 1.79 bits per heavy atom. The second-order valence-corrected chi connectivity index (χ2v) is 8.04. The first-order valence-corrected chi connectivity index (χ1v) is 10.8. The lowest BCUT2D eigenvalue weighted by molar-refractivity contribution is 0.0468. The molecule has 0 spiro atoms. The van der Waals surface area contributed by atoms with E-state index in [-0.39, 0.29) is 12.2 Å². The van der Waals surface area contributed by atoms with Crippen molar-refractivity contribution in [2.24, 2.45) is 0 Å². The molecule has 7 nitrogen and oxygen atoms in total. The number of carbonyl (C=O) groups is 1. The highest BCUT2D eigenvalue weighted by Crippen LogP contribution is 2.29. The summed E-state index contributed by atoms with van der Waals surface area (Å²) in [4.78, 5) is 34.1. The van der Waals surface area contributed by atoms with Crippen LogP contribution in [0.5, 0.6) is 0 Å². The summed E-state index contributed by atoms with van der Waals surface area (Å²) in [5, 5.41) is 0. The molecular formula is C27H21N3O4. The molecule has 0 amide bonds. The van der Waals surface area contributed by atoms with Crippen LogP contribution in [0.25, 0.3) is 28.4 Å². The van der Waals surface area contributed by atoms with Gasteiger partial charge in [0.1, 0.15) is 12.3 Å². The minimum atomic E-state index is -0.558. The molecule has 0 aliphatic heterocycles. The van der Waals surface area contributed by atoms with Gasteiger partial charge in [-0.15, -0.1) is 0 Å². The molecule has 0 fully saturated rings. The van der Waals surface area contributed by atoms with Crippen molar-refractivity contribution in [1.82, 2.24) is 14.4 Å². The van der Waals surface area contributed by atoms with Gasteiger partial charge in [0.25, 0.3) is 5.56 Å². The van der Waals surface area contributed by atoms with Gasteiger partial charge in [0.05, 0.1) is 23.0 Å². The smallest absolute Gasteiger partial charge is 0.339 e. The van der Waals surface area contributed by atoms with Crippen molar-refractivity contribution >= 4 is 11.6 Å². The number of carbonyl (C=O) groups excluding carboxylic acids is 1. The zero-order valence-corrected chi connectivity index (χ0v) is 18.7. The van der Waals surface area contributed by atoms with Crippen molar-refractivity contribution in [3.05, 3.63) is 112 Å². The van der Waals surface area contributed by atoms with Gasteiger partial charge in [0, 0.05) is 17.8 Å². The fourth-order valence-electron chi connectivity index (χ4n) is 3.64. The number of aryl methyl sites for hydroxylation is 2. The lowest BCUT2D eigenvalue weighted by atomic mass is 10.1. The summed E-state index contributed by atoms with van der Waals surface area (Å²) < 4.78 is 12.9. The van der Waals surface area contributed by atoms with E-state index < -0.39 is 5.97 Å². The van der Waals surface area contributed by atoms with E-state index in [1.807, 2.05) is 44.2 Å². The summed E-state index contributed by atoms with van der Waals surface area (Å²) in [5.41, 5.74) is 4.50. The predicted molar refractivity (Wildman–Crippen MR) is 127 cm³/mol. The Bertz CT molecular complexity index is 1570. The third-order valence-corrected chi connectivity index (χ3v) is 5.45. The molecule has 0 atom stereocenters. The quantitative estimate of drug-likeness (QED) is 0.350. The third-order valence-electron chi connectivity index (χ3n) is 5.45.